The highest BCUT2D eigenvalue weighted by Gasteiger charge is 2.21. The van der Waals surface area contributed by atoms with Gasteiger partial charge in [0.1, 0.15) is 5.75 Å². The fourth-order valence-corrected chi connectivity index (χ4v) is 4.06. The summed E-state index contributed by atoms with van der Waals surface area (Å²) in [6, 6.07) is 4.37. The maximum absolute atomic E-state index is 10.2. The van der Waals surface area contributed by atoms with Crippen molar-refractivity contribution in [2.24, 2.45) is 0 Å². The number of nitrogens with zero attached hydrogens (tertiary/aromatic N) is 1. The standard InChI is InChI=1S/C12H16I2N2O.2ClH/c1-8(16-4-2-15-3-5-16)10-6-9(13)7-11(14)12(10)17;;/h6-8,15,17H,2-5H2,1H3;2*1H/t8-;;/m0../s1. The van der Waals surface area contributed by atoms with Crippen molar-refractivity contribution < 1.29 is 5.11 Å². The number of nitrogens with one attached hydrogen (secondary N) is 1. The van der Waals surface area contributed by atoms with Crippen molar-refractivity contribution in [1.29, 1.82) is 0 Å². The van der Waals surface area contributed by atoms with Crippen LogP contribution in [0.4, 0.5) is 0 Å². The summed E-state index contributed by atoms with van der Waals surface area (Å²) < 4.78 is 2.12. The highest BCUT2D eigenvalue weighted by Crippen LogP contribution is 2.33. The van der Waals surface area contributed by atoms with E-state index in [0.717, 1.165) is 35.3 Å². The Morgan fingerprint density at radius 2 is 1.79 bits per heavy atom. The molecule has 0 radical (unpaired) electrons. The quantitative estimate of drug-likeness (QED) is 0.575. The van der Waals surface area contributed by atoms with Crippen molar-refractivity contribution in [3.63, 3.8) is 0 Å². The molecule has 1 aliphatic heterocycles. The van der Waals surface area contributed by atoms with E-state index in [-0.39, 0.29) is 30.9 Å². The third-order valence-corrected chi connectivity index (χ3v) is 4.65. The third kappa shape index (κ3) is 5.03. The summed E-state index contributed by atoms with van der Waals surface area (Å²) in [6.07, 6.45) is 0. The minimum atomic E-state index is 0. The van der Waals surface area contributed by atoms with Crippen molar-refractivity contribution in [2.75, 3.05) is 26.2 Å². The Hall–Kier alpha value is 0.980. The van der Waals surface area contributed by atoms with E-state index in [9.17, 15) is 5.11 Å². The molecule has 7 heteroatoms. The molecule has 1 atom stereocenters. The van der Waals surface area contributed by atoms with Crippen molar-refractivity contribution >= 4 is 70.0 Å². The average molecular weight is 531 g/mol. The molecule has 19 heavy (non-hydrogen) atoms. The van der Waals surface area contributed by atoms with Crippen LogP contribution in [0, 0.1) is 7.14 Å². The Morgan fingerprint density at radius 1 is 1.21 bits per heavy atom. The Morgan fingerprint density at radius 3 is 2.37 bits per heavy atom. The lowest BCUT2D eigenvalue weighted by molar-refractivity contribution is 0.183. The smallest absolute Gasteiger partial charge is 0.133 e. The van der Waals surface area contributed by atoms with Gasteiger partial charge >= 0.3 is 0 Å². The van der Waals surface area contributed by atoms with Gasteiger partial charge in [0, 0.05) is 41.4 Å². The van der Waals surface area contributed by atoms with Crippen molar-refractivity contribution in [1.82, 2.24) is 10.2 Å². The summed E-state index contributed by atoms with van der Waals surface area (Å²) in [5.74, 6) is 0.442. The van der Waals surface area contributed by atoms with Crippen LogP contribution < -0.4 is 5.32 Å². The Bertz CT molecular complexity index is 415. The van der Waals surface area contributed by atoms with Crippen LogP contribution >= 0.6 is 70.0 Å². The molecule has 0 saturated carbocycles. The van der Waals surface area contributed by atoms with E-state index in [0.29, 0.717) is 5.75 Å². The van der Waals surface area contributed by atoms with Gasteiger partial charge in [0.05, 0.1) is 3.57 Å². The summed E-state index contributed by atoms with van der Waals surface area (Å²) >= 11 is 4.50. The molecule has 0 spiro atoms. The molecule has 3 nitrogen and oxygen atoms in total. The maximum atomic E-state index is 10.2. The topological polar surface area (TPSA) is 35.5 Å². The van der Waals surface area contributed by atoms with E-state index in [1.807, 2.05) is 6.07 Å². The van der Waals surface area contributed by atoms with Gasteiger partial charge in [-0.25, -0.2) is 0 Å². The lowest BCUT2D eigenvalue weighted by atomic mass is 10.1. The van der Waals surface area contributed by atoms with Gasteiger partial charge in [-0.1, -0.05) is 0 Å². The van der Waals surface area contributed by atoms with E-state index in [2.05, 4.69) is 68.4 Å². The first kappa shape index (κ1) is 20.0. The predicted octanol–water partition coefficient (Wildman–Crippen LogP) is 3.41. The van der Waals surface area contributed by atoms with Gasteiger partial charge in [-0.05, 0) is 64.2 Å². The summed E-state index contributed by atoms with van der Waals surface area (Å²) in [4.78, 5) is 2.41. The predicted molar refractivity (Wildman–Crippen MR) is 101 cm³/mol. The second-order valence-electron chi connectivity index (χ2n) is 4.29. The number of piperazine rings is 1. The van der Waals surface area contributed by atoms with Crippen LogP contribution in [0.2, 0.25) is 0 Å². The van der Waals surface area contributed by atoms with Gasteiger partial charge in [-0.2, -0.15) is 0 Å². The molecule has 1 saturated heterocycles. The molecule has 0 aliphatic carbocycles. The van der Waals surface area contributed by atoms with Crippen LogP contribution in [0.3, 0.4) is 0 Å². The van der Waals surface area contributed by atoms with Crippen molar-refractivity contribution in [3.8, 4) is 5.75 Å². The number of phenols is 1. The van der Waals surface area contributed by atoms with Gasteiger partial charge in [0.25, 0.3) is 0 Å². The molecule has 1 fully saturated rings. The monoisotopic (exact) mass is 530 g/mol. The number of hydrogen-bond acceptors (Lipinski definition) is 3. The van der Waals surface area contributed by atoms with Crippen LogP contribution in [0.1, 0.15) is 18.5 Å². The van der Waals surface area contributed by atoms with Crippen molar-refractivity contribution in [2.45, 2.75) is 13.0 Å². The van der Waals surface area contributed by atoms with Crippen LogP contribution in [0.5, 0.6) is 5.75 Å². The van der Waals surface area contributed by atoms with Crippen LogP contribution in [-0.2, 0) is 0 Å². The molecule has 1 aromatic carbocycles. The minimum Gasteiger partial charge on any atom is -0.506 e. The number of halogens is 4. The molecular formula is C12H18Cl2I2N2O. The largest absolute Gasteiger partial charge is 0.506 e. The second-order valence-corrected chi connectivity index (χ2v) is 6.70. The molecule has 0 bridgehead atoms. The highest BCUT2D eigenvalue weighted by atomic mass is 127. The van der Waals surface area contributed by atoms with E-state index in [1.165, 1.54) is 3.57 Å². The summed E-state index contributed by atoms with van der Waals surface area (Å²) in [6.45, 7) is 6.33. The fraction of sp³-hybridized carbons (Fsp3) is 0.500. The Labute approximate surface area is 154 Å². The van der Waals surface area contributed by atoms with Crippen molar-refractivity contribution in [3.05, 3.63) is 24.8 Å². The molecule has 0 amide bonds. The van der Waals surface area contributed by atoms with Gasteiger partial charge in [-0.3, -0.25) is 4.90 Å². The van der Waals surface area contributed by atoms with E-state index >= 15 is 0 Å². The molecule has 2 rings (SSSR count). The molecule has 1 aromatic rings. The highest BCUT2D eigenvalue weighted by molar-refractivity contribution is 14.1. The zero-order valence-electron chi connectivity index (χ0n) is 10.5. The summed E-state index contributed by atoms with van der Waals surface area (Å²) in [5, 5.41) is 13.5. The molecule has 1 heterocycles. The van der Waals surface area contributed by atoms with Gasteiger partial charge in [0.15, 0.2) is 0 Å². The first-order valence-electron chi connectivity index (χ1n) is 5.72. The zero-order valence-corrected chi connectivity index (χ0v) is 16.5. The first-order chi connectivity index (χ1) is 8.09. The molecule has 0 aromatic heterocycles. The molecule has 1 aliphatic rings. The van der Waals surface area contributed by atoms with Gasteiger partial charge in [0.2, 0.25) is 0 Å². The normalized spacial score (nSPS) is 17.2. The zero-order chi connectivity index (χ0) is 12.4. The summed E-state index contributed by atoms with van der Waals surface area (Å²) in [5.41, 5.74) is 1.04. The van der Waals surface area contributed by atoms with Crippen LogP contribution in [0.15, 0.2) is 12.1 Å². The average Bonchev–Trinajstić information content (AvgIpc) is 2.34. The van der Waals surface area contributed by atoms with Crippen LogP contribution in [-0.4, -0.2) is 36.2 Å². The SMILES string of the molecule is C[C@@H](c1cc(I)cc(I)c1O)N1CCNCC1.Cl.Cl. The number of benzene rings is 1. The second kappa shape index (κ2) is 9.09. The minimum absolute atomic E-state index is 0. The molecular weight excluding hydrogens is 513 g/mol. The molecule has 2 N–H and O–H groups in total. The van der Waals surface area contributed by atoms with E-state index < -0.39 is 0 Å². The van der Waals surface area contributed by atoms with Crippen LogP contribution in [0.25, 0.3) is 0 Å². The number of aromatic hydroxyl groups is 1. The molecule has 0 unspecified atom stereocenters. The van der Waals surface area contributed by atoms with E-state index in [1.54, 1.807) is 0 Å². The third-order valence-electron chi connectivity index (χ3n) is 3.21. The molecule has 110 valence electrons. The van der Waals surface area contributed by atoms with E-state index in [4.69, 9.17) is 0 Å². The number of phenolic OH excluding ortho intramolecular Hbond substituents is 1. The Balaban J connectivity index is 0.00000162. The Kier molecular flexibility index (Phi) is 9.56. The number of rotatable bonds is 2. The number of hydrogen-bond donors (Lipinski definition) is 2. The van der Waals surface area contributed by atoms with Gasteiger partial charge in [-0.15, -0.1) is 24.8 Å². The maximum Gasteiger partial charge on any atom is 0.133 e. The lowest BCUT2D eigenvalue weighted by Gasteiger charge is -2.33. The summed E-state index contributed by atoms with van der Waals surface area (Å²) in [7, 11) is 0. The first-order valence-corrected chi connectivity index (χ1v) is 7.88. The fourth-order valence-electron chi connectivity index (χ4n) is 2.17. The van der Waals surface area contributed by atoms with Gasteiger partial charge < -0.3 is 10.4 Å². The lowest BCUT2D eigenvalue weighted by Crippen LogP contribution is -2.44.